The first-order valence-electron chi connectivity index (χ1n) is 6.75. The molecule has 1 unspecified atom stereocenters. The van der Waals surface area contributed by atoms with E-state index in [0.717, 1.165) is 12.8 Å². The molecule has 0 aliphatic rings. The third kappa shape index (κ3) is 6.22. The molecule has 5 nitrogen and oxygen atoms in total. The molecule has 0 spiro atoms. The van der Waals surface area contributed by atoms with Crippen molar-refractivity contribution in [2.24, 2.45) is 5.92 Å². The van der Waals surface area contributed by atoms with Gasteiger partial charge in [-0.15, -0.1) is 0 Å². The predicted octanol–water partition coefficient (Wildman–Crippen LogP) is 2.81. The van der Waals surface area contributed by atoms with E-state index < -0.39 is 5.91 Å². The van der Waals surface area contributed by atoms with E-state index in [0.29, 0.717) is 6.42 Å². The summed E-state index contributed by atoms with van der Waals surface area (Å²) >= 11 is 0. The summed E-state index contributed by atoms with van der Waals surface area (Å²) in [4.78, 5) is 23.2. The van der Waals surface area contributed by atoms with Crippen LogP contribution in [0, 0.1) is 5.92 Å². The highest BCUT2D eigenvalue weighted by Gasteiger charge is 2.11. The average Bonchev–Trinajstić information content (AvgIpc) is 2.89. The molecule has 0 saturated carbocycles. The average molecular weight is 278 g/mol. The summed E-state index contributed by atoms with van der Waals surface area (Å²) in [6.07, 6.45) is 5.87. The Morgan fingerprint density at radius 2 is 2.10 bits per heavy atom. The molecule has 0 fully saturated rings. The smallest absolute Gasteiger partial charge is 0.305 e. The van der Waals surface area contributed by atoms with Crippen LogP contribution in [0.1, 0.15) is 50.6 Å². The number of furan rings is 1. The van der Waals surface area contributed by atoms with Crippen molar-refractivity contribution in [3.05, 3.63) is 35.8 Å². The first-order valence-corrected chi connectivity index (χ1v) is 6.75. The number of carbonyl (C=O) groups is 2. The van der Waals surface area contributed by atoms with Gasteiger partial charge < -0.3 is 4.42 Å². The highest BCUT2D eigenvalue weighted by Crippen LogP contribution is 2.11. The van der Waals surface area contributed by atoms with E-state index >= 15 is 0 Å². The Labute approximate surface area is 119 Å². The molecule has 1 heterocycles. The van der Waals surface area contributed by atoms with Crippen molar-refractivity contribution in [3.63, 3.8) is 0 Å². The van der Waals surface area contributed by atoms with Gasteiger partial charge in [0, 0.05) is 6.42 Å². The normalized spacial score (nSPS) is 11.6. The van der Waals surface area contributed by atoms with Crippen LogP contribution in [0.5, 0.6) is 0 Å². The molecule has 0 bridgehead atoms. The van der Waals surface area contributed by atoms with E-state index in [2.05, 4.69) is 30.8 Å². The van der Waals surface area contributed by atoms with Crippen molar-refractivity contribution in [2.75, 3.05) is 0 Å². The van der Waals surface area contributed by atoms with E-state index in [-0.39, 0.29) is 17.6 Å². The third-order valence-electron chi connectivity index (χ3n) is 2.81. The van der Waals surface area contributed by atoms with Crippen LogP contribution in [0.3, 0.4) is 0 Å². The number of allylic oxidation sites excluding steroid dienone is 2. The number of amides is 2. The molecule has 0 radical (unpaired) electrons. The molecule has 0 aromatic carbocycles. The second-order valence-electron chi connectivity index (χ2n) is 5.15. The summed E-state index contributed by atoms with van der Waals surface area (Å²) in [6.45, 7) is 6.13. The van der Waals surface area contributed by atoms with Gasteiger partial charge in [0.05, 0.1) is 6.26 Å². The van der Waals surface area contributed by atoms with Gasteiger partial charge in [-0.05, 0) is 44.7 Å². The van der Waals surface area contributed by atoms with Gasteiger partial charge in [-0.2, -0.15) is 0 Å². The molecule has 5 heteroatoms. The molecule has 2 amide bonds. The molecular formula is C15H22N2O3. The SMILES string of the molecule is CC(C)=CCCC(C)CC(=O)NNC(=O)c1ccco1. The first-order chi connectivity index (χ1) is 9.49. The fraction of sp³-hybridized carbons (Fsp3) is 0.467. The van der Waals surface area contributed by atoms with Crippen LogP contribution < -0.4 is 10.9 Å². The Hall–Kier alpha value is -2.04. The maximum absolute atomic E-state index is 11.7. The maximum atomic E-state index is 11.7. The second-order valence-corrected chi connectivity index (χ2v) is 5.15. The highest BCUT2D eigenvalue weighted by molar-refractivity contribution is 5.92. The highest BCUT2D eigenvalue weighted by atomic mass is 16.3. The van der Waals surface area contributed by atoms with Crippen LogP contribution in [0.4, 0.5) is 0 Å². The molecule has 1 atom stereocenters. The minimum atomic E-state index is -0.458. The number of hydrogen-bond donors (Lipinski definition) is 2. The van der Waals surface area contributed by atoms with Gasteiger partial charge in [-0.1, -0.05) is 18.6 Å². The second kappa shape index (κ2) is 8.19. The van der Waals surface area contributed by atoms with Crippen molar-refractivity contribution < 1.29 is 14.0 Å². The van der Waals surface area contributed by atoms with Gasteiger partial charge in [0.1, 0.15) is 0 Å². The van der Waals surface area contributed by atoms with Crippen LogP contribution >= 0.6 is 0 Å². The van der Waals surface area contributed by atoms with Crippen LogP contribution in [0.15, 0.2) is 34.5 Å². The lowest BCUT2D eigenvalue weighted by Crippen LogP contribution is -2.42. The summed E-state index contributed by atoms with van der Waals surface area (Å²) in [5.41, 5.74) is 5.99. The largest absolute Gasteiger partial charge is 0.459 e. The molecule has 110 valence electrons. The van der Waals surface area contributed by atoms with E-state index in [4.69, 9.17) is 4.42 Å². The summed E-state index contributed by atoms with van der Waals surface area (Å²) in [5, 5.41) is 0. The lowest BCUT2D eigenvalue weighted by molar-refractivity contribution is -0.122. The van der Waals surface area contributed by atoms with Gasteiger partial charge in [0.15, 0.2) is 5.76 Å². The number of nitrogens with one attached hydrogen (secondary N) is 2. The van der Waals surface area contributed by atoms with Crippen molar-refractivity contribution in [1.82, 2.24) is 10.9 Å². The minimum absolute atomic E-state index is 0.168. The zero-order valence-electron chi connectivity index (χ0n) is 12.2. The van der Waals surface area contributed by atoms with Gasteiger partial charge in [-0.25, -0.2) is 0 Å². The number of rotatable bonds is 6. The zero-order valence-corrected chi connectivity index (χ0v) is 12.2. The van der Waals surface area contributed by atoms with Crippen molar-refractivity contribution in [1.29, 1.82) is 0 Å². The molecule has 2 N–H and O–H groups in total. The maximum Gasteiger partial charge on any atom is 0.305 e. The molecule has 1 rings (SSSR count). The number of hydrazine groups is 1. The van der Waals surface area contributed by atoms with E-state index in [9.17, 15) is 9.59 Å². The van der Waals surface area contributed by atoms with Crippen LogP contribution in [0.2, 0.25) is 0 Å². The summed E-state index contributed by atoms with van der Waals surface area (Å²) in [5.74, 6) is -0.219. The Morgan fingerprint density at radius 3 is 2.70 bits per heavy atom. The van der Waals surface area contributed by atoms with Gasteiger partial charge in [0.2, 0.25) is 5.91 Å². The van der Waals surface area contributed by atoms with E-state index in [1.54, 1.807) is 6.07 Å². The number of carbonyl (C=O) groups excluding carboxylic acids is 2. The van der Waals surface area contributed by atoms with E-state index in [1.807, 2.05) is 6.92 Å². The fourth-order valence-electron chi connectivity index (χ4n) is 1.72. The topological polar surface area (TPSA) is 71.3 Å². The van der Waals surface area contributed by atoms with Gasteiger partial charge >= 0.3 is 5.91 Å². The van der Waals surface area contributed by atoms with E-state index in [1.165, 1.54) is 17.9 Å². The zero-order chi connectivity index (χ0) is 15.0. The Kier molecular flexibility index (Phi) is 6.56. The summed E-state index contributed by atoms with van der Waals surface area (Å²) in [7, 11) is 0. The predicted molar refractivity (Wildman–Crippen MR) is 76.8 cm³/mol. The lowest BCUT2D eigenvalue weighted by Gasteiger charge is -2.10. The van der Waals surface area contributed by atoms with Crippen molar-refractivity contribution >= 4 is 11.8 Å². The first kappa shape index (κ1) is 16.0. The Balaban J connectivity index is 2.23. The van der Waals surface area contributed by atoms with Crippen LogP contribution in [0.25, 0.3) is 0 Å². The quantitative estimate of drug-likeness (QED) is 0.621. The molecular weight excluding hydrogens is 256 g/mol. The third-order valence-corrected chi connectivity index (χ3v) is 2.81. The molecule has 0 saturated heterocycles. The van der Waals surface area contributed by atoms with Crippen molar-refractivity contribution in [3.8, 4) is 0 Å². The number of hydrogen-bond acceptors (Lipinski definition) is 3. The van der Waals surface area contributed by atoms with Crippen LogP contribution in [-0.2, 0) is 4.79 Å². The lowest BCUT2D eigenvalue weighted by atomic mass is 10.0. The Bertz CT molecular complexity index is 459. The minimum Gasteiger partial charge on any atom is -0.459 e. The van der Waals surface area contributed by atoms with Crippen LogP contribution in [-0.4, -0.2) is 11.8 Å². The molecule has 0 aliphatic carbocycles. The molecule has 20 heavy (non-hydrogen) atoms. The fourth-order valence-corrected chi connectivity index (χ4v) is 1.72. The standard InChI is InChI=1S/C15H22N2O3/c1-11(2)6-4-7-12(3)10-14(18)16-17-15(19)13-8-5-9-20-13/h5-6,8-9,12H,4,7,10H2,1-3H3,(H,16,18)(H,17,19). The van der Waals surface area contributed by atoms with Gasteiger partial charge in [-0.3, -0.25) is 20.4 Å². The molecule has 1 aromatic heterocycles. The monoisotopic (exact) mass is 278 g/mol. The van der Waals surface area contributed by atoms with Crippen molar-refractivity contribution in [2.45, 2.75) is 40.0 Å². The molecule has 1 aromatic rings. The molecule has 0 aliphatic heterocycles. The van der Waals surface area contributed by atoms with Gasteiger partial charge in [0.25, 0.3) is 0 Å². The summed E-state index contributed by atoms with van der Waals surface area (Å²) < 4.78 is 4.91. The Morgan fingerprint density at radius 1 is 1.35 bits per heavy atom. The summed E-state index contributed by atoms with van der Waals surface area (Å²) in [6, 6.07) is 3.14.